The number of rotatable bonds is 12. The largest absolute Gasteiger partial charge is 0.497 e. The molecule has 0 fully saturated rings. The Bertz CT molecular complexity index is 1350. The third-order valence-electron chi connectivity index (χ3n) is 5.91. The number of hydrogen-bond acceptors (Lipinski definition) is 5. The Balaban J connectivity index is 2.01. The highest BCUT2D eigenvalue weighted by atomic mass is 79.9. The third-order valence-corrected chi connectivity index (χ3v) is 8.19. The Kier molecular flexibility index (Phi) is 10.3. The highest BCUT2D eigenvalue weighted by molar-refractivity contribution is 9.10. The quantitative estimate of drug-likeness (QED) is 0.327. The van der Waals surface area contributed by atoms with Gasteiger partial charge in [-0.1, -0.05) is 59.3 Å². The predicted molar refractivity (Wildman–Crippen MR) is 151 cm³/mol. The molecule has 8 nitrogen and oxygen atoms in total. The molecule has 0 spiro atoms. The van der Waals surface area contributed by atoms with Gasteiger partial charge in [-0.3, -0.25) is 13.9 Å². The number of nitrogens with zero attached hydrogens (tertiary/aromatic N) is 2. The van der Waals surface area contributed by atoms with E-state index in [1.807, 2.05) is 13.0 Å². The summed E-state index contributed by atoms with van der Waals surface area (Å²) in [6.45, 7) is 3.64. The van der Waals surface area contributed by atoms with Gasteiger partial charge in [-0.15, -0.1) is 0 Å². The zero-order chi connectivity index (χ0) is 27.7. The van der Waals surface area contributed by atoms with Crippen LogP contribution in [0.5, 0.6) is 5.75 Å². The molecule has 1 N–H and O–H groups in total. The first kappa shape index (κ1) is 29.2. The molecule has 10 heteroatoms. The number of ether oxygens (including phenoxy) is 1. The van der Waals surface area contributed by atoms with E-state index in [1.165, 1.54) is 17.0 Å². The van der Waals surface area contributed by atoms with Gasteiger partial charge in [0.05, 0.1) is 17.7 Å². The summed E-state index contributed by atoms with van der Waals surface area (Å²) in [5.74, 6) is -0.227. The van der Waals surface area contributed by atoms with E-state index in [0.29, 0.717) is 22.5 Å². The molecule has 0 saturated heterocycles. The van der Waals surface area contributed by atoms with Crippen LogP contribution in [0.25, 0.3) is 0 Å². The normalized spacial score (nSPS) is 11.9. The van der Waals surface area contributed by atoms with Crippen molar-refractivity contribution in [3.63, 3.8) is 0 Å². The zero-order valence-corrected chi connectivity index (χ0v) is 24.0. The minimum atomic E-state index is -4.10. The lowest BCUT2D eigenvalue weighted by molar-refractivity contribution is -0.139. The van der Waals surface area contributed by atoms with Crippen molar-refractivity contribution < 1.29 is 22.7 Å². The summed E-state index contributed by atoms with van der Waals surface area (Å²) in [4.78, 5) is 28.2. The molecule has 0 aliphatic heterocycles. The summed E-state index contributed by atoms with van der Waals surface area (Å²) < 4.78 is 34.5. The van der Waals surface area contributed by atoms with Gasteiger partial charge in [0.2, 0.25) is 11.8 Å². The van der Waals surface area contributed by atoms with E-state index in [0.717, 1.165) is 16.3 Å². The van der Waals surface area contributed by atoms with Gasteiger partial charge in [0.1, 0.15) is 18.3 Å². The molecule has 1 atom stereocenters. The van der Waals surface area contributed by atoms with Crippen molar-refractivity contribution in [1.82, 2.24) is 10.2 Å². The van der Waals surface area contributed by atoms with Crippen LogP contribution in [0.4, 0.5) is 5.69 Å². The number of amides is 2. The smallest absolute Gasteiger partial charge is 0.264 e. The number of carbonyl (C=O) groups is 2. The van der Waals surface area contributed by atoms with Gasteiger partial charge >= 0.3 is 0 Å². The summed E-state index contributed by atoms with van der Waals surface area (Å²) in [6, 6.07) is 21.0. The van der Waals surface area contributed by atoms with E-state index in [-0.39, 0.29) is 17.3 Å². The molecule has 0 saturated carbocycles. The second-order valence-corrected chi connectivity index (χ2v) is 11.4. The van der Waals surface area contributed by atoms with Gasteiger partial charge in [0.15, 0.2) is 0 Å². The standard InChI is InChI=1S/C28H32BrN3O5S/c1-4-16-30-28(34)21(2)31(19-22-10-8-13-25(17-22)37-3)27(33)20-32(24-12-9-11-23(29)18-24)38(35,36)26-14-6-5-7-15-26/h5-15,17-18,21H,4,16,19-20H2,1-3H3,(H,30,34)/t21-/m0/s1. The van der Waals surface area contributed by atoms with Crippen molar-refractivity contribution in [2.24, 2.45) is 0 Å². The Morgan fingerprint density at radius 2 is 1.71 bits per heavy atom. The van der Waals surface area contributed by atoms with E-state index in [2.05, 4.69) is 21.2 Å². The molecule has 202 valence electrons. The number of hydrogen-bond donors (Lipinski definition) is 1. The molecule has 0 aliphatic carbocycles. The molecule has 38 heavy (non-hydrogen) atoms. The molecule has 3 rings (SSSR count). The lowest BCUT2D eigenvalue weighted by Gasteiger charge is -2.32. The molecule has 0 aromatic heterocycles. The SMILES string of the molecule is CCCNC(=O)[C@H](C)N(Cc1cccc(OC)c1)C(=O)CN(c1cccc(Br)c1)S(=O)(=O)c1ccccc1. The number of anilines is 1. The van der Waals surface area contributed by atoms with Crippen LogP contribution < -0.4 is 14.4 Å². The first-order valence-electron chi connectivity index (χ1n) is 12.2. The average molecular weight is 603 g/mol. The van der Waals surface area contributed by atoms with Gasteiger partial charge < -0.3 is 15.0 Å². The molecule has 3 aromatic rings. The van der Waals surface area contributed by atoms with Crippen LogP contribution in [-0.2, 0) is 26.2 Å². The van der Waals surface area contributed by atoms with Gasteiger partial charge in [-0.2, -0.15) is 0 Å². The average Bonchev–Trinajstić information content (AvgIpc) is 2.93. The van der Waals surface area contributed by atoms with E-state index in [4.69, 9.17) is 4.74 Å². The fraction of sp³-hybridized carbons (Fsp3) is 0.286. The Hall–Kier alpha value is -3.37. The van der Waals surface area contributed by atoms with Crippen molar-refractivity contribution >= 4 is 43.5 Å². The molecule has 0 heterocycles. The highest BCUT2D eigenvalue weighted by Crippen LogP contribution is 2.27. The molecule has 2 amide bonds. The number of sulfonamides is 1. The Morgan fingerprint density at radius 1 is 1.00 bits per heavy atom. The summed E-state index contributed by atoms with van der Waals surface area (Å²) in [6.07, 6.45) is 0.744. The van der Waals surface area contributed by atoms with Crippen molar-refractivity contribution in [2.75, 3.05) is 24.5 Å². The topological polar surface area (TPSA) is 96.0 Å². The van der Waals surface area contributed by atoms with Crippen LogP contribution in [0, 0.1) is 0 Å². The second kappa shape index (κ2) is 13.4. The van der Waals surface area contributed by atoms with Crippen LogP contribution in [0.2, 0.25) is 0 Å². The maximum Gasteiger partial charge on any atom is 0.264 e. The minimum absolute atomic E-state index is 0.0564. The summed E-state index contributed by atoms with van der Waals surface area (Å²) >= 11 is 3.39. The van der Waals surface area contributed by atoms with Gasteiger partial charge in [0.25, 0.3) is 10.0 Å². The van der Waals surface area contributed by atoms with E-state index >= 15 is 0 Å². The number of carbonyl (C=O) groups excluding carboxylic acids is 2. The van der Waals surface area contributed by atoms with Crippen LogP contribution in [-0.4, -0.2) is 51.4 Å². The Morgan fingerprint density at radius 3 is 2.37 bits per heavy atom. The summed E-state index contributed by atoms with van der Waals surface area (Å²) in [5, 5.41) is 2.83. The summed E-state index contributed by atoms with van der Waals surface area (Å²) in [5.41, 5.74) is 1.06. The van der Waals surface area contributed by atoms with Gasteiger partial charge in [-0.25, -0.2) is 8.42 Å². The number of halogens is 1. The lowest BCUT2D eigenvalue weighted by Crippen LogP contribution is -2.51. The lowest BCUT2D eigenvalue weighted by atomic mass is 10.1. The van der Waals surface area contributed by atoms with Crippen LogP contribution in [0.15, 0.2) is 88.2 Å². The van der Waals surface area contributed by atoms with Crippen LogP contribution >= 0.6 is 15.9 Å². The molecule has 3 aromatic carbocycles. The van der Waals surface area contributed by atoms with Crippen molar-refractivity contribution in [1.29, 1.82) is 0 Å². The second-order valence-electron chi connectivity index (χ2n) is 8.64. The van der Waals surface area contributed by atoms with Crippen molar-refractivity contribution in [2.45, 2.75) is 37.8 Å². The minimum Gasteiger partial charge on any atom is -0.497 e. The molecular weight excluding hydrogens is 570 g/mol. The fourth-order valence-corrected chi connectivity index (χ4v) is 5.64. The van der Waals surface area contributed by atoms with Crippen LogP contribution in [0.3, 0.4) is 0 Å². The van der Waals surface area contributed by atoms with E-state index in [1.54, 1.807) is 74.7 Å². The third kappa shape index (κ3) is 7.35. The maximum atomic E-state index is 13.9. The first-order chi connectivity index (χ1) is 18.2. The molecule has 0 unspecified atom stereocenters. The molecule has 0 radical (unpaired) electrons. The monoisotopic (exact) mass is 601 g/mol. The van der Waals surface area contributed by atoms with Crippen molar-refractivity contribution in [3.05, 3.63) is 88.9 Å². The van der Waals surface area contributed by atoms with Gasteiger partial charge in [-0.05, 0) is 61.4 Å². The molecule has 0 aliphatic rings. The van der Waals surface area contributed by atoms with E-state index < -0.39 is 28.5 Å². The number of nitrogens with one attached hydrogen (secondary N) is 1. The highest BCUT2D eigenvalue weighted by Gasteiger charge is 2.32. The first-order valence-corrected chi connectivity index (χ1v) is 14.4. The van der Waals surface area contributed by atoms with Crippen LogP contribution in [0.1, 0.15) is 25.8 Å². The maximum absolute atomic E-state index is 13.9. The fourth-order valence-electron chi connectivity index (χ4n) is 3.83. The van der Waals surface area contributed by atoms with E-state index in [9.17, 15) is 18.0 Å². The Labute approximate surface area is 232 Å². The summed E-state index contributed by atoms with van der Waals surface area (Å²) in [7, 11) is -2.55. The van der Waals surface area contributed by atoms with Crippen molar-refractivity contribution in [3.8, 4) is 5.75 Å². The number of benzene rings is 3. The van der Waals surface area contributed by atoms with Gasteiger partial charge in [0, 0.05) is 17.6 Å². The molecular formula is C28H32BrN3O5S. The predicted octanol–water partition coefficient (Wildman–Crippen LogP) is 4.60. The zero-order valence-electron chi connectivity index (χ0n) is 21.6. The number of methoxy groups -OCH3 is 1. The molecule has 0 bridgehead atoms.